The van der Waals surface area contributed by atoms with Crippen LogP contribution in [0.5, 0.6) is 11.5 Å². The Labute approximate surface area is 182 Å². The average molecular weight is 425 g/mol. The van der Waals surface area contributed by atoms with Crippen molar-refractivity contribution < 1.29 is 19.0 Å². The molecule has 0 bridgehead atoms. The van der Waals surface area contributed by atoms with Crippen molar-refractivity contribution in [3.05, 3.63) is 95.6 Å². The lowest BCUT2D eigenvalue weighted by Crippen LogP contribution is -2.18. The number of ether oxygens (including phenoxy) is 3. The fourth-order valence-electron chi connectivity index (χ4n) is 2.92. The molecular formula is C25H25ClO4. The number of hydrogen-bond donors (Lipinski definition) is 0. The fourth-order valence-corrected chi connectivity index (χ4v) is 3.19. The average Bonchev–Trinajstić information content (AvgIpc) is 2.79. The molecule has 3 rings (SSSR count). The van der Waals surface area contributed by atoms with Gasteiger partial charge >= 0.3 is 5.97 Å². The summed E-state index contributed by atoms with van der Waals surface area (Å²) in [7, 11) is 1.34. The number of hydrogen-bond acceptors (Lipinski definition) is 4. The van der Waals surface area contributed by atoms with Crippen LogP contribution in [0.25, 0.3) is 0 Å². The van der Waals surface area contributed by atoms with Gasteiger partial charge in [0, 0.05) is 6.42 Å². The van der Waals surface area contributed by atoms with Gasteiger partial charge in [-0.2, -0.15) is 0 Å². The lowest BCUT2D eigenvalue weighted by molar-refractivity contribution is -0.140. The quantitative estimate of drug-likeness (QED) is 0.331. The standard InChI is InChI=1S/C25H25ClO4/c1-28-25(27)24(26)17-20-9-7-19(8-10-20)15-16-29-22-11-13-23(14-12-22)30-18-21-5-3-2-4-6-21/h2-14,24H,15-18H2,1H3. The highest BCUT2D eigenvalue weighted by Gasteiger charge is 2.15. The number of rotatable bonds is 10. The summed E-state index contributed by atoms with van der Waals surface area (Å²) in [5, 5.41) is -0.663. The first-order valence-electron chi connectivity index (χ1n) is 9.83. The Morgan fingerprint density at radius 2 is 1.40 bits per heavy atom. The van der Waals surface area contributed by atoms with Crippen LogP contribution < -0.4 is 9.47 Å². The van der Waals surface area contributed by atoms with E-state index in [0.717, 1.165) is 34.6 Å². The molecule has 156 valence electrons. The van der Waals surface area contributed by atoms with Gasteiger partial charge in [0.2, 0.25) is 0 Å². The van der Waals surface area contributed by atoms with Crippen LogP contribution in [0, 0.1) is 0 Å². The molecule has 0 aliphatic heterocycles. The number of methoxy groups -OCH3 is 1. The van der Waals surface area contributed by atoms with Gasteiger partial charge in [0.05, 0.1) is 13.7 Å². The number of carbonyl (C=O) groups is 1. The number of halogens is 1. The predicted molar refractivity (Wildman–Crippen MR) is 118 cm³/mol. The molecule has 0 aliphatic carbocycles. The Balaban J connectivity index is 1.41. The van der Waals surface area contributed by atoms with E-state index >= 15 is 0 Å². The van der Waals surface area contributed by atoms with Crippen molar-refractivity contribution in [3.63, 3.8) is 0 Å². The SMILES string of the molecule is COC(=O)C(Cl)Cc1ccc(CCOc2ccc(OCc3ccccc3)cc2)cc1. The Morgan fingerprint density at radius 3 is 2.03 bits per heavy atom. The molecule has 0 saturated carbocycles. The number of carbonyl (C=O) groups excluding carboxylic acids is 1. The zero-order chi connectivity index (χ0) is 21.2. The van der Waals surface area contributed by atoms with E-state index in [1.807, 2.05) is 78.9 Å². The van der Waals surface area contributed by atoms with E-state index in [1.54, 1.807) is 0 Å². The summed E-state index contributed by atoms with van der Waals surface area (Å²) < 4.78 is 16.3. The summed E-state index contributed by atoms with van der Waals surface area (Å²) in [5.74, 6) is 1.21. The molecule has 0 spiro atoms. The summed E-state index contributed by atoms with van der Waals surface area (Å²) in [6, 6.07) is 25.7. The van der Waals surface area contributed by atoms with Crippen LogP contribution in [0.15, 0.2) is 78.9 Å². The minimum Gasteiger partial charge on any atom is -0.493 e. The summed E-state index contributed by atoms with van der Waals surface area (Å²) in [4.78, 5) is 11.4. The maximum absolute atomic E-state index is 11.4. The Kier molecular flexibility index (Phi) is 8.16. The molecule has 5 heteroatoms. The summed E-state index contributed by atoms with van der Waals surface area (Å²) in [6.07, 6.45) is 1.23. The van der Waals surface area contributed by atoms with Gasteiger partial charge in [-0.05, 0) is 47.4 Å². The van der Waals surface area contributed by atoms with E-state index in [-0.39, 0.29) is 0 Å². The van der Waals surface area contributed by atoms with E-state index in [0.29, 0.717) is 19.6 Å². The first-order chi connectivity index (χ1) is 14.6. The summed E-state index contributed by atoms with van der Waals surface area (Å²) in [5.41, 5.74) is 3.29. The van der Waals surface area contributed by atoms with Gasteiger partial charge in [0.1, 0.15) is 23.5 Å². The van der Waals surface area contributed by atoms with Crippen LogP contribution in [0.1, 0.15) is 16.7 Å². The molecule has 0 aromatic heterocycles. The molecule has 1 unspecified atom stereocenters. The van der Waals surface area contributed by atoms with Crippen molar-refractivity contribution in [2.24, 2.45) is 0 Å². The maximum atomic E-state index is 11.4. The first-order valence-corrected chi connectivity index (χ1v) is 10.3. The normalized spacial score (nSPS) is 11.5. The highest BCUT2D eigenvalue weighted by atomic mass is 35.5. The van der Waals surface area contributed by atoms with Gasteiger partial charge < -0.3 is 14.2 Å². The highest BCUT2D eigenvalue weighted by Crippen LogP contribution is 2.19. The Bertz CT molecular complexity index is 908. The van der Waals surface area contributed by atoms with Crippen LogP contribution in [0.2, 0.25) is 0 Å². The molecule has 0 N–H and O–H groups in total. The lowest BCUT2D eigenvalue weighted by atomic mass is 10.1. The van der Waals surface area contributed by atoms with E-state index in [2.05, 4.69) is 4.74 Å². The number of alkyl halides is 1. The van der Waals surface area contributed by atoms with Crippen LogP contribution in [0.3, 0.4) is 0 Å². The van der Waals surface area contributed by atoms with Gasteiger partial charge in [-0.15, -0.1) is 11.6 Å². The summed E-state index contributed by atoms with van der Waals surface area (Å²) >= 11 is 6.02. The molecule has 0 radical (unpaired) electrons. The van der Waals surface area contributed by atoms with E-state index < -0.39 is 11.3 Å². The second-order valence-corrected chi connectivity index (χ2v) is 7.38. The third kappa shape index (κ3) is 6.82. The van der Waals surface area contributed by atoms with Gasteiger partial charge in [0.15, 0.2) is 0 Å². The molecule has 30 heavy (non-hydrogen) atoms. The van der Waals surface area contributed by atoms with E-state index in [9.17, 15) is 4.79 Å². The molecule has 3 aromatic rings. The molecular weight excluding hydrogens is 400 g/mol. The van der Waals surface area contributed by atoms with Crippen molar-refractivity contribution in [1.29, 1.82) is 0 Å². The fraction of sp³-hybridized carbons (Fsp3) is 0.240. The zero-order valence-corrected chi connectivity index (χ0v) is 17.7. The first kappa shape index (κ1) is 21.7. The molecule has 3 aromatic carbocycles. The Morgan fingerprint density at radius 1 is 0.800 bits per heavy atom. The minimum absolute atomic E-state index is 0.411. The highest BCUT2D eigenvalue weighted by molar-refractivity contribution is 6.30. The minimum atomic E-state index is -0.663. The molecule has 0 aliphatic rings. The van der Waals surface area contributed by atoms with E-state index in [4.69, 9.17) is 21.1 Å². The summed E-state index contributed by atoms with van der Waals surface area (Å²) in [6.45, 7) is 1.12. The van der Waals surface area contributed by atoms with Crippen LogP contribution in [-0.4, -0.2) is 25.1 Å². The van der Waals surface area contributed by atoms with Crippen molar-refractivity contribution in [2.45, 2.75) is 24.8 Å². The topological polar surface area (TPSA) is 44.8 Å². The molecule has 4 nitrogen and oxygen atoms in total. The van der Waals surface area contributed by atoms with Crippen molar-refractivity contribution in [3.8, 4) is 11.5 Å². The third-order valence-corrected chi connectivity index (χ3v) is 4.96. The molecule has 0 heterocycles. The van der Waals surface area contributed by atoms with Crippen LogP contribution in [-0.2, 0) is 29.0 Å². The van der Waals surface area contributed by atoms with Gasteiger partial charge in [-0.25, -0.2) is 0 Å². The number of esters is 1. The third-order valence-electron chi connectivity index (χ3n) is 4.63. The second-order valence-electron chi connectivity index (χ2n) is 6.86. The smallest absolute Gasteiger partial charge is 0.324 e. The molecule has 0 amide bonds. The van der Waals surface area contributed by atoms with Crippen molar-refractivity contribution in [1.82, 2.24) is 0 Å². The van der Waals surface area contributed by atoms with Crippen molar-refractivity contribution >= 4 is 17.6 Å². The van der Waals surface area contributed by atoms with Crippen molar-refractivity contribution in [2.75, 3.05) is 13.7 Å². The lowest BCUT2D eigenvalue weighted by Gasteiger charge is -2.10. The predicted octanol–water partition coefficient (Wildman–Crippen LogP) is 5.21. The Hall–Kier alpha value is -2.98. The monoisotopic (exact) mass is 424 g/mol. The second kappa shape index (κ2) is 11.3. The molecule has 1 atom stereocenters. The van der Waals surface area contributed by atoms with E-state index in [1.165, 1.54) is 7.11 Å². The molecule has 0 fully saturated rings. The van der Waals surface area contributed by atoms with Gasteiger partial charge in [-0.1, -0.05) is 54.6 Å². The van der Waals surface area contributed by atoms with Gasteiger partial charge in [0.25, 0.3) is 0 Å². The zero-order valence-electron chi connectivity index (χ0n) is 16.9. The molecule has 0 saturated heterocycles. The maximum Gasteiger partial charge on any atom is 0.324 e. The number of benzene rings is 3. The largest absolute Gasteiger partial charge is 0.493 e. The van der Waals surface area contributed by atoms with Gasteiger partial charge in [-0.3, -0.25) is 4.79 Å². The van der Waals surface area contributed by atoms with Crippen LogP contribution >= 0.6 is 11.6 Å². The van der Waals surface area contributed by atoms with Crippen LogP contribution in [0.4, 0.5) is 0 Å².